The first-order valence-corrected chi connectivity index (χ1v) is 7.33. The van der Waals surface area contributed by atoms with E-state index >= 15 is 0 Å². The van der Waals surface area contributed by atoms with Gasteiger partial charge in [0.2, 0.25) is 6.41 Å². The van der Waals surface area contributed by atoms with Gasteiger partial charge in [-0.1, -0.05) is 6.07 Å². The number of amides is 2. The summed E-state index contributed by atoms with van der Waals surface area (Å²) in [4.78, 5) is 21.8. The summed E-state index contributed by atoms with van der Waals surface area (Å²) in [7, 11) is 0. The van der Waals surface area contributed by atoms with Crippen LogP contribution in [-0.2, 0) is 4.79 Å². The lowest BCUT2D eigenvalue weighted by atomic mass is 10.1. The zero-order chi connectivity index (χ0) is 16.2. The van der Waals surface area contributed by atoms with Crippen LogP contribution in [0.3, 0.4) is 0 Å². The van der Waals surface area contributed by atoms with Gasteiger partial charge in [0.15, 0.2) is 11.5 Å². The van der Waals surface area contributed by atoms with Crippen molar-refractivity contribution in [1.29, 1.82) is 0 Å². The Balaban J connectivity index is 2.08. The Morgan fingerprint density at radius 2 is 1.77 bits per heavy atom. The maximum absolute atomic E-state index is 11.8. The highest BCUT2D eigenvalue weighted by molar-refractivity contribution is 5.97. The van der Waals surface area contributed by atoms with Crippen molar-refractivity contribution in [2.24, 2.45) is 0 Å². The second-order valence-electron chi connectivity index (χ2n) is 4.81. The predicted molar refractivity (Wildman–Crippen MR) is 82.9 cm³/mol. The smallest absolute Gasteiger partial charge is 0.255 e. The van der Waals surface area contributed by atoms with Gasteiger partial charge in [0.25, 0.3) is 5.91 Å². The van der Waals surface area contributed by atoms with E-state index in [1.165, 1.54) is 18.2 Å². The summed E-state index contributed by atoms with van der Waals surface area (Å²) in [6.07, 6.45) is 3.36. The van der Waals surface area contributed by atoms with Gasteiger partial charge in [-0.05, 0) is 44.5 Å². The van der Waals surface area contributed by atoms with Gasteiger partial charge in [-0.3, -0.25) is 9.59 Å². The number of unbranched alkanes of at least 4 members (excludes halogenated alkanes) is 1. The standard InChI is InChI=1S/C15H23N3O4/c19-11-17-8-2-1-7-16-9-4-10-18-15(22)12-5-3-6-13(20)14(12)21/h3,5-6,11,16,20-21H,1-2,4,7-10H2,(H,17,19)(H,18,22). The predicted octanol–water partition coefficient (Wildman–Crippen LogP) is 0.333. The average Bonchev–Trinajstić information content (AvgIpc) is 2.51. The molecule has 0 saturated carbocycles. The Labute approximate surface area is 129 Å². The number of rotatable bonds is 11. The van der Waals surface area contributed by atoms with Gasteiger partial charge in [-0.25, -0.2) is 0 Å². The number of aromatic hydroxyl groups is 2. The van der Waals surface area contributed by atoms with Crippen molar-refractivity contribution in [1.82, 2.24) is 16.0 Å². The molecule has 0 saturated heterocycles. The molecular weight excluding hydrogens is 286 g/mol. The molecule has 0 aliphatic heterocycles. The molecule has 22 heavy (non-hydrogen) atoms. The highest BCUT2D eigenvalue weighted by atomic mass is 16.3. The first-order valence-electron chi connectivity index (χ1n) is 7.33. The Morgan fingerprint density at radius 3 is 2.55 bits per heavy atom. The fourth-order valence-electron chi connectivity index (χ4n) is 1.89. The number of phenolic OH excluding ortho intramolecular Hbond substituents is 2. The highest BCUT2D eigenvalue weighted by Crippen LogP contribution is 2.27. The number of hydrogen-bond acceptors (Lipinski definition) is 5. The summed E-state index contributed by atoms with van der Waals surface area (Å²) in [5.74, 6) is -1.12. The van der Waals surface area contributed by atoms with Crippen molar-refractivity contribution >= 4 is 12.3 Å². The van der Waals surface area contributed by atoms with E-state index in [4.69, 9.17) is 0 Å². The lowest BCUT2D eigenvalue weighted by Crippen LogP contribution is -2.27. The molecule has 2 amide bonds. The van der Waals surface area contributed by atoms with Crippen LogP contribution in [0, 0.1) is 0 Å². The number of para-hydroxylation sites is 1. The van der Waals surface area contributed by atoms with E-state index in [1.54, 1.807) is 0 Å². The average molecular weight is 309 g/mol. The van der Waals surface area contributed by atoms with Gasteiger partial charge in [0.1, 0.15) is 0 Å². The molecular formula is C15H23N3O4. The van der Waals surface area contributed by atoms with Crippen LogP contribution in [0.2, 0.25) is 0 Å². The normalized spacial score (nSPS) is 10.2. The molecule has 5 N–H and O–H groups in total. The topological polar surface area (TPSA) is 111 Å². The van der Waals surface area contributed by atoms with Crippen LogP contribution in [0.15, 0.2) is 18.2 Å². The van der Waals surface area contributed by atoms with Crippen LogP contribution >= 0.6 is 0 Å². The number of benzene rings is 1. The number of hydrogen-bond donors (Lipinski definition) is 5. The Kier molecular flexibility index (Phi) is 8.44. The van der Waals surface area contributed by atoms with Crippen LogP contribution in [0.25, 0.3) is 0 Å². The van der Waals surface area contributed by atoms with E-state index in [0.717, 1.165) is 32.4 Å². The molecule has 7 heteroatoms. The van der Waals surface area contributed by atoms with Crippen LogP contribution in [0.1, 0.15) is 29.6 Å². The van der Waals surface area contributed by atoms with E-state index in [9.17, 15) is 19.8 Å². The summed E-state index contributed by atoms with van der Waals surface area (Å²) in [6.45, 7) is 2.80. The maximum atomic E-state index is 11.8. The number of phenols is 2. The molecule has 0 unspecified atom stereocenters. The fourth-order valence-corrected chi connectivity index (χ4v) is 1.89. The molecule has 7 nitrogen and oxygen atoms in total. The van der Waals surface area contributed by atoms with Crippen molar-refractivity contribution in [3.05, 3.63) is 23.8 Å². The molecule has 0 aliphatic rings. The van der Waals surface area contributed by atoms with Crippen molar-refractivity contribution in [2.45, 2.75) is 19.3 Å². The summed E-state index contributed by atoms with van der Waals surface area (Å²) >= 11 is 0. The summed E-state index contributed by atoms with van der Waals surface area (Å²) < 4.78 is 0. The lowest BCUT2D eigenvalue weighted by Gasteiger charge is -2.08. The third-order valence-corrected chi connectivity index (χ3v) is 3.08. The fraction of sp³-hybridized carbons (Fsp3) is 0.467. The molecule has 1 aromatic rings. The zero-order valence-corrected chi connectivity index (χ0v) is 12.5. The van der Waals surface area contributed by atoms with Gasteiger partial charge in [0.05, 0.1) is 5.56 Å². The monoisotopic (exact) mass is 309 g/mol. The molecule has 0 fully saturated rings. The van der Waals surface area contributed by atoms with E-state index in [-0.39, 0.29) is 11.3 Å². The number of carbonyl (C=O) groups is 2. The Morgan fingerprint density at radius 1 is 1.05 bits per heavy atom. The van der Waals surface area contributed by atoms with Crippen molar-refractivity contribution < 1.29 is 19.8 Å². The van der Waals surface area contributed by atoms with Gasteiger partial charge >= 0.3 is 0 Å². The van der Waals surface area contributed by atoms with Gasteiger partial charge in [-0.15, -0.1) is 0 Å². The van der Waals surface area contributed by atoms with Crippen molar-refractivity contribution in [3.8, 4) is 11.5 Å². The van der Waals surface area contributed by atoms with Gasteiger partial charge in [-0.2, -0.15) is 0 Å². The van der Waals surface area contributed by atoms with Crippen molar-refractivity contribution in [2.75, 3.05) is 26.2 Å². The van der Waals surface area contributed by atoms with Crippen LogP contribution < -0.4 is 16.0 Å². The summed E-state index contributed by atoms with van der Waals surface area (Å²) in [5.41, 5.74) is 0.0654. The van der Waals surface area contributed by atoms with E-state index in [1.807, 2.05) is 0 Å². The SMILES string of the molecule is O=CNCCCCNCCCNC(=O)c1cccc(O)c1O. The molecule has 122 valence electrons. The molecule has 0 spiro atoms. The minimum Gasteiger partial charge on any atom is -0.504 e. The molecule has 0 bridgehead atoms. The first-order chi connectivity index (χ1) is 10.7. The lowest BCUT2D eigenvalue weighted by molar-refractivity contribution is -0.109. The largest absolute Gasteiger partial charge is 0.504 e. The summed E-state index contributed by atoms with van der Waals surface area (Å²) in [5, 5.41) is 27.4. The van der Waals surface area contributed by atoms with E-state index in [2.05, 4.69) is 16.0 Å². The number of carbonyl (C=O) groups excluding carboxylic acids is 2. The van der Waals surface area contributed by atoms with Crippen LogP contribution in [0.5, 0.6) is 11.5 Å². The molecule has 0 aromatic heterocycles. The molecule has 0 heterocycles. The van der Waals surface area contributed by atoms with E-state index < -0.39 is 11.7 Å². The second kappa shape index (κ2) is 10.4. The van der Waals surface area contributed by atoms with Crippen LogP contribution in [-0.4, -0.2) is 48.7 Å². The highest BCUT2D eigenvalue weighted by Gasteiger charge is 2.12. The molecule has 0 aliphatic carbocycles. The Hall–Kier alpha value is -2.28. The zero-order valence-electron chi connectivity index (χ0n) is 12.5. The minimum absolute atomic E-state index is 0.0654. The molecule has 1 aromatic carbocycles. The number of nitrogens with one attached hydrogen (secondary N) is 3. The first kappa shape index (κ1) is 17.8. The Bertz CT molecular complexity index is 480. The third-order valence-electron chi connectivity index (χ3n) is 3.08. The van der Waals surface area contributed by atoms with E-state index in [0.29, 0.717) is 19.5 Å². The molecule has 0 radical (unpaired) electrons. The quantitative estimate of drug-likeness (QED) is 0.230. The third kappa shape index (κ3) is 6.45. The maximum Gasteiger partial charge on any atom is 0.255 e. The van der Waals surface area contributed by atoms with Gasteiger partial charge < -0.3 is 26.2 Å². The van der Waals surface area contributed by atoms with Crippen molar-refractivity contribution in [3.63, 3.8) is 0 Å². The summed E-state index contributed by atoms with van der Waals surface area (Å²) in [6, 6.07) is 4.28. The molecule has 1 rings (SSSR count). The van der Waals surface area contributed by atoms with Gasteiger partial charge in [0, 0.05) is 13.1 Å². The minimum atomic E-state index is -0.409. The molecule has 0 atom stereocenters. The second-order valence-corrected chi connectivity index (χ2v) is 4.81. The van der Waals surface area contributed by atoms with Crippen LogP contribution in [0.4, 0.5) is 0 Å².